The first kappa shape index (κ1) is 16.4. The molecule has 2 aromatic carbocycles. The summed E-state index contributed by atoms with van der Waals surface area (Å²) in [5, 5.41) is 10.6. The normalized spacial score (nSPS) is 10.4. The number of nitrogens with zero attached hydrogens (tertiary/aromatic N) is 3. The van der Waals surface area contributed by atoms with E-state index in [-0.39, 0.29) is 18.0 Å². The molecule has 0 aliphatic heterocycles. The van der Waals surface area contributed by atoms with Crippen LogP contribution in [0.2, 0.25) is 0 Å². The van der Waals surface area contributed by atoms with Crippen molar-refractivity contribution in [1.29, 1.82) is 0 Å². The summed E-state index contributed by atoms with van der Waals surface area (Å²) in [5.74, 6) is -0.759. The van der Waals surface area contributed by atoms with Crippen LogP contribution in [0.5, 0.6) is 0 Å². The van der Waals surface area contributed by atoms with Gasteiger partial charge in [0.1, 0.15) is 0 Å². The van der Waals surface area contributed by atoms with Crippen LogP contribution < -0.4 is 11.1 Å². The molecule has 0 bridgehead atoms. The van der Waals surface area contributed by atoms with E-state index in [2.05, 4.69) is 15.6 Å². The number of hydrogen-bond acceptors (Lipinski definition) is 4. The molecular weight excluding hydrogens is 318 g/mol. The van der Waals surface area contributed by atoms with Gasteiger partial charge in [-0.1, -0.05) is 35.0 Å². The molecule has 7 nitrogen and oxygen atoms in total. The third-order valence-corrected chi connectivity index (χ3v) is 3.61. The van der Waals surface area contributed by atoms with Gasteiger partial charge in [-0.25, -0.2) is 4.68 Å². The summed E-state index contributed by atoms with van der Waals surface area (Å²) in [6.07, 6.45) is 1.74. The van der Waals surface area contributed by atoms with Gasteiger partial charge in [-0.05, 0) is 36.8 Å². The van der Waals surface area contributed by atoms with Gasteiger partial charge in [-0.3, -0.25) is 9.59 Å². The second-order valence-corrected chi connectivity index (χ2v) is 5.68. The molecule has 0 radical (unpaired) electrons. The van der Waals surface area contributed by atoms with Crippen LogP contribution in [-0.2, 0) is 11.2 Å². The van der Waals surface area contributed by atoms with Crippen LogP contribution in [0.1, 0.15) is 21.6 Å². The molecule has 1 aromatic heterocycles. The molecule has 0 unspecified atom stereocenters. The number of primary amides is 1. The minimum Gasteiger partial charge on any atom is -0.369 e. The lowest BCUT2D eigenvalue weighted by Gasteiger charge is -2.04. The summed E-state index contributed by atoms with van der Waals surface area (Å²) >= 11 is 0. The Hall–Kier alpha value is -3.48. The van der Waals surface area contributed by atoms with E-state index in [4.69, 9.17) is 5.73 Å². The van der Waals surface area contributed by atoms with Crippen molar-refractivity contribution in [1.82, 2.24) is 15.0 Å². The van der Waals surface area contributed by atoms with E-state index >= 15 is 0 Å². The molecule has 7 heteroatoms. The van der Waals surface area contributed by atoms with Crippen molar-refractivity contribution in [2.75, 3.05) is 5.32 Å². The molecule has 25 heavy (non-hydrogen) atoms. The number of aromatic nitrogens is 3. The predicted octanol–water partition coefficient (Wildman–Crippen LogP) is 1.86. The van der Waals surface area contributed by atoms with E-state index in [1.807, 2.05) is 31.2 Å². The second kappa shape index (κ2) is 6.96. The largest absolute Gasteiger partial charge is 0.369 e. The lowest BCUT2D eigenvalue weighted by Crippen LogP contribution is -2.14. The Kier molecular flexibility index (Phi) is 4.56. The average Bonchev–Trinajstić information content (AvgIpc) is 3.07. The molecule has 0 aliphatic rings. The maximum absolute atomic E-state index is 12.3. The topological polar surface area (TPSA) is 103 Å². The highest BCUT2D eigenvalue weighted by Gasteiger charge is 2.12. The molecule has 0 saturated heterocycles. The molecule has 0 atom stereocenters. The lowest BCUT2D eigenvalue weighted by atomic mass is 10.1. The van der Waals surface area contributed by atoms with Gasteiger partial charge in [0.25, 0.3) is 5.91 Å². The number of carbonyl (C=O) groups excluding carboxylic acids is 2. The fourth-order valence-corrected chi connectivity index (χ4v) is 2.29. The minimum atomic E-state index is -0.399. The summed E-state index contributed by atoms with van der Waals surface area (Å²) in [5.41, 5.74) is 8.72. The van der Waals surface area contributed by atoms with Crippen molar-refractivity contribution >= 4 is 17.5 Å². The zero-order chi connectivity index (χ0) is 17.8. The first-order valence-corrected chi connectivity index (χ1v) is 7.69. The van der Waals surface area contributed by atoms with Crippen molar-refractivity contribution in [3.63, 3.8) is 0 Å². The van der Waals surface area contributed by atoms with Gasteiger partial charge < -0.3 is 11.1 Å². The highest BCUT2D eigenvalue weighted by Crippen LogP contribution is 2.12. The van der Waals surface area contributed by atoms with Crippen LogP contribution in [0.15, 0.2) is 54.7 Å². The molecule has 126 valence electrons. The quantitative estimate of drug-likeness (QED) is 0.742. The average molecular weight is 335 g/mol. The number of rotatable bonds is 5. The van der Waals surface area contributed by atoms with Crippen LogP contribution in [0.4, 0.5) is 5.69 Å². The van der Waals surface area contributed by atoms with E-state index in [9.17, 15) is 9.59 Å². The zero-order valence-electron chi connectivity index (χ0n) is 13.6. The fourth-order valence-electron chi connectivity index (χ4n) is 2.29. The number of nitrogens with one attached hydrogen (secondary N) is 1. The Morgan fingerprint density at radius 2 is 1.76 bits per heavy atom. The Bertz CT molecular complexity index is 898. The van der Waals surface area contributed by atoms with Crippen LogP contribution in [-0.4, -0.2) is 26.8 Å². The zero-order valence-corrected chi connectivity index (χ0v) is 13.6. The molecule has 0 fully saturated rings. The highest BCUT2D eigenvalue weighted by molar-refractivity contribution is 6.02. The summed E-state index contributed by atoms with van der Waals surface area (Å²) in [4.78, 5) is 23.2. The first-order valence-electron chi connectivity index (χ1n) is 7.69. The van der Waals surface area contributed by atoms with E-state index < -0.39 is 5.91 Å². The molecule has 3 rings (SSSR count). The number of carbonyl (C=O) groups is 2. The summed E-state index contributed by atoms with van der Waals surface area (Å²) < 4.78 is 1.55. The maximum Gasteiger partial charge on any atom is 0.277 e. The molecule has 0 spiro atoms. The number of nitrogens with two attached hydrogens (primary N) is 1. The van der Waals surface area contributed by atoms with Crippen LogP contribution in [0, 0.1) is 6.92 Å². The highest BCUT2D eigenvalue weighted by atomic mass is 16.2. The number of benzene rings is 2. The van der Waals surface area contributed by atoms with Gasteiger partial charge in [0.15, 0.2) is 5.69 Å². The van der Waals surface area contributed by atoms with E-state index in [1.165, 1.54) is 0 Å². The standard InChI is InChI=1S/C18H17N5O2/c1-12-2-8-15(9-3-12)23-11-16(21-22-23)18(25)20-14-6-4-13(5-7-14)10-17(19)24/h2-9,11H,10H2,1H3,(H2,19,24)(H,20,25). The van der Waals surface area contributed by atoms with E-state index in [0.29, 0.717) is 5.69 Å². The molecule has 2 amide bonds. The van der Waals surface area contributed by atoms with Gasteiger partial charge in [0.2, 0.25) is 5.91 Å². The van der Waals surface area contributed by atoms with Crippen molar-refractivity contribution in [3.05, 3.63) is 71.5 Å². The lowest BCUT2D eigenvalue weighted by molar-refractivity contribution is -0.117. The Balaban J connectivity index is 1.69. The maximum atomic E-state index is 12.3. The van der Waals surface area contributed by atoms with Crippen LogP contribution in [0.25, 0.3) is 5.69 Å². The SMILES string of the molecule is Cc1ccc(-n2cc(C(=O)Nc3ccc(CC(N)=O)cc3)nn2)cc1. The third kappa shape index (κ3) is 4.08. The van der Waals surface area contributed by atoms with Gasteiger partial charge in [0.05, 0.1) is 18.3 Å². The van der Waals surface area contributed by atoms with E-state index in [0.717, 1.165) is 16.8 Å². The van der Waals surface area contributed by atoms with Crippen molar-refractivity contribution in [3.8, 4) is 5.69 Å². The van der Waals surface area contributed by atoms with Gasteiger partial charge >= 0.3 is 0 Å². The summed E-state index contributed by atoms with van der Waals surface area (Å²) in [6.45, 7) is 2.00. The summed E-state index contributed by atoms with van der Waals surface area (Å²) in [6, 6.07) is 14.6. The first-order chi connectivity index (χ1) is 12.0. The molecule has 0 aliphatic carbocycles. The molecule has 3 N–H and O–H groups in total. The third-order valence-electron chi connectivity index (χ3n) is 3.61. The minimum absolute atomic E-state index is 0.166. The number of anilines is 1. The number of aryl methyl sites for hydroxylation is 1. The Labute approximate surface area is 144 Å². The van der Waals surface area contributed by atoms with Gasteiger partial charge in [0, 0.05) is 5.69 Å². The Morgan fingerprint density at radius 1 is 1.08 bits per heavy atom. The number of amides is 2. The smallest absolute Gasteiger partial charge is 0.277 e. The second-order valence-electron chi connectivity index (χ2n) is 5.68. The van der Waals surface area contributed by atoms with Gasteiger partial charge in [-0.15, -0.1) is 5.10 Å². The molecule has 1 heterocycles. The van der Waals surface area contributed by atoms with Crippen molar-refractivity contribution in [2.24, 2.45) is 5.73 Å². The Morgan fingerprint density at radius 3 is 2.40 bits per heavy atom. The van der Waals surface area contributed by atoms with Crippen LogP contribution in [0.3, 0.4) is 0 Å². The van der Waals surface area contributed by atoms with Crippen molar-refractivity contribution in [2.45, 2.75) is 13.3 Å². The molecule has 3 aromatic rings. The van der Waals surface area contributed by atoms with Crippen LogP contribution >= 0.6 is 0 Å². The predicted molar refractivity (Wildman–Crippen MR) is 93.4 cm³/mol. The fraction of sp³-hybridized carbons (Fsp3) is 0.111. The van der Waals surface area contributed by atoms with E-state index in [1.54, 1.807) is 35.1 Å². The molecular formula is C18H17N5O2. The van der Waals surface area contributed by atoms with Gasteiger partial charge in [-0.2, -0.15) is 0 Å². The van der Waals surface area contributed by atoms with Crippen molar-refractivity contribution < 1.29 is 9.59 Å². The molecule has 0 saturated carbocycles. The summed E-state index contributed by atoms with van der Waals surface area (Å²) in [7, 11) is 0. The number of hydrogen-bond donors (Lipinski definition) is 2. The monoisotopic (exact) mass is 335 g/mol.